The summed E-state index contributed by atoms with van der Waals surface area (Å²) in [5, 5.41) is 0. The Morgan fingerprint density at radius 3 is 2.48 bits per heavy atom. The average molecular weight is 432 g/mol. The van der Waals surface area contributed by atoms with E-state index in [4.69, 9.17) is 4.74 Å². The SMILES string of the molecule is C=CC[C@@]1(c2ccc(F)cc2)CCN([C@@H](CC)c2ccc(Br)cc2)C(=O)O1. The normalized spacial score (nSPS) is 20.9. The van der Waals surface area contributed by atoms with E-state index in [0.29, 0.717) is 19.4 Å². The van der Waals surface area contributed by atoms with Crippen LogP contribution in [0.3, 0.4) is 0 Å². The standard InChI is InChI=1S/C22H23BrFNO2/c1-3-13-22(17-7-11-19(24)12-8-17)14-15-25(21(26)27-22)20(4-2)16-5-9-18(23)10-6-16/h3,5-12,20H,1,4,13-15H2,2H3/t20-,22-/m0/s1. The zero-order valence-corrected chi connectivity index (χ0v) is 16.9. The van der Waals surface area contributed by atoms with Crippen LogP contribution in [0.15, 0.2) is 65.7 Å². The molecule has 0 bridgehead atoms. The highest BCUT2D eigenvalue weighted by Crippen LogP contribution is 2.40. The monoisotopic (exact) mass is 431 g/mol. The van der Waals surface area contributed by atoms with E-state index in [9.17, 15) is 9.18 Å². The summed E-state index contributed by atoms with van der Waals surface area (Å²) in [5.74, 6) is -0.308. The smallest absolute Gasteiger partial charge is 0.411 e. The van der Waals surface area contributed by atoms with Gasteiger partial charge in [0.25, 0.3) is 0 Å². The van der Waals surface area contributed by atoms with Gasteiger partial charge >= 0.3 is 6.09 Å². The first kappa shape index (κ1) is 19.6. The number of nitrogens with zero attached hydrogens (tertiary/aromatic N) is 1. The molecule has 3 rings (SSSR count). The minimum Gasteiger partial charge on any atom is -0.437 e. The third-order valence-electron chi connectivity index (χ3n) is 5.14. The number of benzene rings is 2. The number of ether oxygens (including phenoxy) is 1. The second-order valence-electron chi connectivity index (χ2n) is 6.78. The van der Waals surface area contributed by atoms with Crippen LogP contribution < -0.4 is 0 Å². The second-order valence-corrected chi connectivity index (χ2v) is 7.70. The van der Waals surface area contributed by atoms with E-state index in [2.05, 4.69) is 29.4 Å². The Morgan fingerprint density at radius 2 is 1.93 bits per heavy atom. The average Bonchev–Trinajstić information content (AvgIpc) is 2.66. The van der Waals surface area contributed by atoms with Gasteiger partial charge in [-0.15, -0.1) is 6.58 Å². The molecule has 0 aliphatic carbocycles. The lowest BCUT2D eigenvalue weighted by Crippen LogP contribution is -2.49. The molecule has 5 heteroatoms. The fourth-order valence-electron chi connectivity index (χ4n) is 3.72. The molecule has 3 nitrogen and oxygen atoms in total. The molecule has 2 aromatic carbocycles. The number of carbonyl (C=O) groups excluding carboxylic acids is 1. The third-order valence-corrected chi connectivity index (χ3v) is 5.66. The van der Waals surface area contributed by atoms with Gasteiger partial charge in [-0.1, -0.05) is 53.2 Å². The first-order valence-electron chi connectivity index (χ1n) is 9.11. The van der Waals surface area contributed by atoms with Crippen molar-refractivity contribution in [2.45, 2.75) is 37.8 Å². The highest BCUT2D eigenvalue weighted by atomic mass is 79.9. The highest BCUT2D eigenvalue weighted by Gasteiger charge is 2.43. The number of hydrogen-bond donors (Lipinski definition) is 0. The van der Waals surface area contributed by atoms with Crippen LogP contribution in [0.4, 0.5) is 9.18 Å². The van der Waals surface area contributed by atoms with E-state index in [1.807, 2.05) is 24.3 Å². The molecule has 0 N–H and O–H groups in total. The van der Waals surface area contributed by atoms with Gasteiger partial charge in [0, 0.05) is 23.9 Å². The molecule has 2 atom stereocenters. The van der Waals surface area contributed by atoms with Crippen LogP contribution in [0.2, 0.25) is 0 Å². The van der Waals surface area contributed by atoms with E-state index in [-0.39, 0.29) is 18.0 Å². The van der Waals surface area contributed by atoms with Crippen molar-refractivity contribution in [3.8, 4) is 0 Å². The van der Waals surface area contributed by atoms with Gasteiger partial charge in [0.15, 0.2) is 0 Å². The molecule has 1 aliphatic heterocycles. The van der Waals surface area contributed by atoms with Crippen molar-refractivity contribution >= 4 is 22.0 Å². The van der Waals surface area contributed by atoms with Crippen LogP contribution in [-0.2, 0) is 10.3 Å². The van der Waals surface area contributed by atoms with Gasteiger partial charge in [-0.05, 0) is 41.8 Å². The van der Waals surface area contributed by atoms with Crippen LogP contribution in [0, 0.1) is 5.82 Å². The molecule has 0 aromatic heterocycles. The Morgan fingerprint density at radius 1 is 1.26 bits per heavy atom. The Hall–Kier alpha value is -2.14. The lowest BCUT2D eigenvalue weighted by Gasteiger charge is -2.43. The lowest BCUT2D eigenvalue weighted by molar-refractivity contribution is -0.0607. The summed E-state index contributed by atoms with van der Waals surface area (Å²) >= 11 is 3.45. The van der Waals surface area contributed by atoms with Gasteiger partial charge in [-0.25, -0.2) is 9.18 Å². The fourth-order valence-corrected chi connectivity index (χ4v) is 3.99. The first-order valence-corrected chi connectivity index (χ1v) is 9.90. The summed E-state index contributed by atoms with van der Waals surface area (Å²) in [6.45, 7) is 6.44. The summed E-state index contributed by atoms with van der Waals surface area (Å²) in [6, 6.07) is 14.1. The number of carbonyl (C=O) groups is 1. The molecule has 1 aliphatic rings. The summed E-state index contributed by atoms with van der Waals surface area (Å²) < 4.78 is 20.3. The Kier molecular flexibility index (Phi) is 6.00. The van der Waals surface area contributed by atoms with Crippen LogP contribution in [0.5, 0.6) is 0 Å². The molecule has 1 heterocycles. The number of rotatable bonds is 6. The second kappa shape index (κ2) is 8.26. The topological polar surface area (TPSA) is 29.5 Å². The molecule has 0 saturated carbocycles. The first-order chi connectivity index (χ1) is 13.0. The molecular formula is C22H23BrFNO2. The lowest BCUT2D eigenvalue weighted by atomic mass is 9.85. The fraction of sp³-hybridized carbons (Fsp3) is 0.318. The Labute approximate surface area is 168 Å². The quantitative estimate of drug-likeness (QED) is 0.498. The predicted octanol–water partition coefficient (Wildman–Crippen LogP) is 6.35. The Bertz CT molecular complexity index is 806. The number of cyclic esters (lactones) is 1. The van der Waals surface area contributed by atoms with E-state index >= 15 is 0 Å². The molecule has 27 heavy (non-hydrogen) atoms. The molecule has 0 unspecified atom stereocenters. The van der Waals surface area contributed by atoms with Gasteiger partial charge in [0.2, 0.25) is 0 Å². The largest absolute Gasteiger partial charge is 0.437 e. The minimum atomic E-state index is -0.791. The van der Waals surface area contributed by atoms with Crippen LogP contribution in [-0.4, -0.2) is 17.5 Å². The number of halogens is 2. The summed E-state index contributed by atoms with van der Waals surface area (Å²) in [7, 11) is 0. The van der Waals surface area contributed by atoms with Gasteiger partial charge in [-0.2, -0.15) is 0 Å². The number of amides is 1. The zero-order valence-electron chi connectivity index (χ0n) is 15.3. The van der Waals surface area contributed by atoms with Crippen molar-refractivity contribution in [3.05, 3.63) is 82.6 Å². The predicted molar refractivity (Wildman–Crippen MR) is 108 cm³/mol. The van der Waals surface area contributed by atoms with Gasteiger partial charge in [-0.3, -0.25) is 0 Å². The molecule has 142 valence electrons. The van der Waals surface area contributed by atoms with Gasteiger partial charge in [0.05, 0.1) is 6.04 Å². The maximum atomic E-state index is 13.3. The van der Waals surface area contributed by atoms with Gasteiger partial charge in [0.1, 0.15) is 11.4 Å². The summed E-state index contributed by atoms with van der Waals surface area (Å²) in [4.78, 5) is 14.7. The van der Waals surface area contributed by atoms with Crippen molar-refractivity contribution in [1.29, 1.82) is 0 Å². The minimum absolute atomic E-state index is 0.0412. The third kappa shape index (κ3) is 4.08. The molecule has 2 aromatic rings. The molecule has 1 saturated heterocycles. The van der Waals surface area contributed by atoms with Crippen molar-refractivity contribution in [2.24, 2.45) is 0 Å². The summed E-state index contributed by atoms with van der Waals surface area (Å²) in [6.07, 6.45) is 3.32. The van der Waals surface area contributed by atoms with Crippen LogP contribution in [0.1, 0.15) is 43.4 Å². The van der Waals surface area contributed by atoms with Crippen molar-refractivity contribution < 1.29 is 13.9 Å². The van der Waals surface area contributed by atoms with Gasteiger partial charge < -0.3 is 9.64 Å². The van der Waals surface area contributed by atoms with Crippen molar-refractivity contribution in [1.82, 2.24) is 4.90 Å². The van der Waals surface area contributed by atoms with Crippen LogP contribution >= 0.6 is 15.9 Å². The molecular weight excluding hydrogens is 409 g/mol. The van der Waals surface area contributed by atoms with Crippen molar-refractivity contribution in [3.63, 3.8) is 0 Å². The number of hydrogen-bond acceptors (Lipinski definition) is 2. The van der Waals surface area contributed by atoms with E-state index in [0.717, 1.165) is 22.0 Å². The van der Waals surface area contributed by atoms with E-state index < -0.39 is 5.60 Å². The van der Waals surface area contributed by atoms with Crippen molar-refractivity contribution in [2.75, 3.05) is 6.54 Å². The highest BCUT2D eigenvalue weighted by molar-refractivity contribution is 9.10. The van der Waals surface area contributed by atoms with Crippen LogP contribution in [0.25, 0.3) is 0 Å². The summed E-state index contributed by atoms with van der Waals surface area (Å²) in [5.41, 5.74) is 1.09. The zero-order chi connectivity index (χ0) is 19.4. The Balaban J connectivity index is 1.86. The maximum Gasteiger partial charge on any atom is 0.411 e. The maximum absolute atomic E-state index is 13.3. The molecule has 1 amide bonds. The molecule has 0 spiro atoms. The van der Waals surface area contributed by atoms with E-state index in [1.54, 1.807) is 23.1 Å². The van der Waals surface area contributed by atoms with E-state index in [1.165, 1.54) is 12.1 Å². The molecule has 0 radical (unpaired) electrons. The molecule has 1 fully saturated rings.